The topological polar surface area (TPSA) is 81.4 Å². The third-order valence-electron chi connectivity index (χ3n) is 4.46. The van der Waals surface area contributed by atoms with Gasteiger partial charge in [-0.15, -0.1) is 10.2 Å². The number of nitrogens with zero attached hydrogens (tertiary/aromatic N) is 4. The van der Waals surface area contributed by atoms with E-state index in [1.807, 2.05) is 38.1 Å². The third-order valence-corrected chi connectivity index (χ3v) is 4.46. The lowest BCUT2D eigenvalue weighted by molar-refractivity contribution is -0.0350. The molecule has 0 N–H and O–H groups in total. The molecule has 2 aromatic heterocycles. The summed E-state index contributed by atoms with van der Waals surface area (Å²) in [7, 11) is 0. The SMILES string of the molecule is CC(C)c1nnc([C@@H]2CN(C(=O)c3ccnc4ccccc34)CCO2)o1. The Bertz CT molecular complexity index is 932. The Kier molecular flexibility index (Phi) is 4.38. The molecule has 3 aromatic rings. The van der Waals surface area contributed by atoms with Crippen LogP contribution in [0.2, 0.25) is 0 Å². The molecule has 4 rings (SSSR count). The summed E-state index contributed by atoms with van der Waals surface area (Å²) in [6.45, 7) is 5.32. The van der Waals surface area contributed by atoms with Crippen LogP contribution in [0, 0.1) is 0 Å². The normalized spacial score (nSPS) is 17.8. The number of ether oxygens (including phenoxy) is 1. The summed E-state index contributed by atoms with van der Waals surface area (Å²) in [5, 5.41) is 8.99. The van der Waals surface area contributed by atoms with E-state index in [-0.39, 0.29) is 11.8 Å². The van der Waals surface area contributed by atoms with Crippen molar-refractivity contribution < 1.29 is 13.9 Å². The minimum absolute atomic E-state index is 0.0412. The molecule has 1 aliphatic heterocycles. The Hall–Kier alpha value is -2.80. The number of fused-ring (bicyclic) bond motifs is 1. The first-order valence-corrected chi connectivity index (χ1v) is 8.71. The molecule has 3 heterocycles. The van der Waals surface area contributed by atoms with E-state index in [1.54, 1.807) is 17.2 Å². The van der Waals surface area contributed by atoms with Crippen molar-refractivity contribution in [2.75, 3.05) is 19.7 Å². The highest BCUT2D eigenvalue weighted by molar-refractivity contribution is 6.06. The molecule has 0 aliphatic carbocycles. The molecule has 7 nitrogen and oxygen atoms in total. The molecule has 1 aliphatic rings. The largest absolute Gasteiger partial charge is 0.422 e. The summed E-state index contributed by atoms with van der Waals surface area (Å²) in [5.74, 6) is 1.11. The number of hydrogen-bond acceptors (Lipinski definition) is 6. The van der Waals surface area contributed by atoms with Crippen LogP contribution in [-0.4, -0.2) is 45.7 Å². The van der Waals surface area contributed by atoms with Gasteiger partial charge in [-0.25, -0.2) is 0 Å². The van der Waals surface area contributed by atoms with Gasteiger partial charge in [0.1, 0.15) is 0 Å². The highest BCUT2D eigenvalue weighted by atomic mass is 16.5. The van der Waals surface area contributed by atoms with Crippen LogP contribution in [0.15, 0.2) is 40.9 Å². The molecule has 1 saturated heterocycles. The van der Waals surface area contributed by atoms with Gasteiger partial charge in [-0.05, 0) is 12.1 Å². The Balaban J connectivity index is 1.58. The molecule has 1 atom stereocenters. The van der Waals surface area contributed by atoms with E-state index in [9.17, 15) is 4.79 Å². The highest BCUT2D eigenvalue weighted by Gasteiger charge is 2.30. The summed E-state index contributed by atoms with van der Waals surface area (Å²) in [6, 6.07) is 9.41. The summed E-state index contributed by atoms with van der Waals surface area (Å²) in [4.78, 5) is 19.2. The fourth-order valence-corrected chi connectivity index (χ4v) is 3.05. The Labute approximate surface area is 151 Å². The van der Waals surface area contributed by atoms with E-state index >= 15 is 0 Å². The molecule has 0 unspecified atom stereocenters. The molecule has 0 spiro atoms. The molecule has 0 radical (unpaired) electrons. The van der Waals surface area contributed by atoms with Crippen molar-refractivity contribution in [1.29, 1.82) is 0 Å². The number of carbonyl (C=O) groups is 1. The van der Waals surface area contributed by atoms with Crippen LogP contribution in [-0.2, 0) is 4.74 Å². The van der Waals surface area contributed by atoms with Crippen molar-refractivity contribution in [2.45, 2.75) is 25.9 Å². The van der Waals surface area contributed by atoms with Crippen LogP contribution in [0.5, 0.6) is 0 Å². The number of carbonyl (C=O) groups excluding carboxylic acids is 1. The number of rotatable bonds is 3. The zero-order chi connectivity index (χ0) is 18.1. The van der Waals surface area contributed by atoms with Crippen molar-refractivity contribution in [3.05, 3.63) is 53.9 Å². The molecular weight excluding hydrogens is 332 g/mol. The fourth-order valence-electron chi connectivity index (χ4n) is 3.05. The predicted molar refractivity (Wildman–Crippen MR) is 94.7 cm³/mol. The third kappa shape index (κ3) is 3.06. The maximum Gasteiger partial charge on any atom is 0.254 e. The molecule has 1 aromatic carbocycles. The Morgan fingerprint density at radius 2 is 2.08 bits per heavy atom. The van der Waals surface area contributed by atoms with Gasteiger partial charge in [0.2, 0.25) is 11.8 Å². The molecule has 0 saturated carbocycles. The van der Waals surface area contributed by atoms with Crippen LogP contribution in [0.4, 0.5) is 0 Å². The first-order valence-electron chi connectivity index (χ1n) is 8.71. The molecule has 26 heavy (non-hydrogen) atoms. The van der Waals surface area contributed by atoms with Crippen LogP contribution in [0.25, 0.3) is 10.9 Å². The number of benzene rings is 1. The van der Waals surface area contributed by atoms with Gasteiger partial charge < -0.3 is 14.1 Å². The standard InChI is InChI=1S/C19H20N4O3/c1-12(2)17-21-22-18(26-17)16-11-23(9-10-25-16)19(24)14-7-8-20-15-6-4-3-5-13(14)15/h3-8,12,16H,9-11H2,1-2H3/t16-/m0/s1. The summed E-state index contributed by atoms with van der Waals surface area (Å²) in [6.07, 6.45) is 1.27. The van der Waals surface area contributed by atoms with E-state index < -0.39 is 6.10 Å². The predicted octanol–water partition coefficient (Wildman–Crippen LogP) is 2.95. The number of amides is 1. The fraction of sp³-hybridized carbons (Fsp3) is 0.368. The van der Waals surface area contributed by atoms with Crippen molar-refractivity contribution in [3.8, 4) is 0 Å². The van der Waals surface area contributed by atoms with Crippen LogP contribution in [0.3, 0.4) is 0 Å². The maximum atomic E-state index is 13.1. The minimum Gasteiger partial charge on any atom is -0.422 e. The monoisotopic (exact) mass is 352 g/mol. The first kappa shape index (κ1) is 16.7. The van der Waals surface area contributed by atoms with E-state index in [1.165, 1.54) is 0 Å². The maximum absolute atomic E-state index is 13.1. The molecule has 1 amide bonds. The van der Waals surface area contributed by atoms with Crippen molar-refractivity contribution in [3.63, 3.8) is 0 Å². The zero-order valence-electron chi connectivity index (χ0n) is 14.8. The Morgan fingerprint density at radius 1 is 1.23 bits per heavy atom. The van der Waals surface area contributed by atoms with Gasteiger partial charge in [-0.1, -0.05) is 32.0 Å². The van der Waals surface area contributed by atoms with Gasteiger partial charge in [-0.2, -0.15) is 0 Å². The quantitative estimate of drug-likeness (QED) is 0.721. The summed E-state index contributed by atoms with van der Waals surface area (Å²) >= 11 is 0. The number of aromatic nitrogens is 3. The smallest absolute Gasteiger partial charge is 0.254 e. The minimum atomic E-state index is -0.402. The van der Waals surface area contributed by atoms with E-state index in [0.29, 0.717) is 37.0 Å². The zero-order valence-corrected chi connectivity index (χ0v) is 14.8. The van der Waals surface area contributed by atoms with E-state index in [0.717, 1.165) is 10.9 Å². The van der Waals surface area contributed by atoms with Gasteiger partial charge >= 0.3 is 0 Å². The number of pyridine rings is 1. The lowest BCUT2D eigenvalue weighted by Crippen LogP contribution is -2.42. The summed E-state index contributed by atoms with van der Waals surface area (Å²) < 4.78 is 11.5. The molecule has 1 fully saturated rings. The van der Waals surface area contributed by atoms with Crippen LogP contribution >= 0.6 is 0 Å². The highest BCUT2D eigenvalue weighted by Crippen LogP contribution is 2.25. The van der Waals surface area contributed by atoms with Crippen molar-refractivity contribution in [1.82, 2.24) is 20.1 Å². The van der Waals surface area contributed by atoms with Gasteiger partial charge in [0, 0.05) is 24.0 Å². The lowest BCUT2D eigenvalue weighted by atomic mass is 10.1. The second-order valence-corrected chi connectivity index (χ2v) is 6.62. The first-order chi connectivity index (χ1) is 12.6. The van der Waals surface area contributed by atoms with Crippen LogP contribution < -0.4 is 0 Å². The number of morpholine rings is 1. The van der Waals surface area contributed by atoms with Gasteiger partial charge in [0.05, 0.1) is 24.2 Å². The van der Waals surface area contributed by atoms with Crippen molar-refractivity contribution in [2.24, 2.45) is 0 Å². The Morgan fingerprint density at radius 3 is 2.88 bits per heavy atom. The second kappa shape index (κ2) is 6.84. The second-order valence-electron chi connectivity index (χ2n) is 6.62. The van der Waals surface area contributed by atoms with Gasteiger partial charge in [0.25, 0.3) is 5.91 Å². The van der Waals surface area contributed by atoms with Crippen molar-refractivity contribution >= 4 is 16.8 Å². The number of para-hydroxylation sites is 1. The summed E-state index contributed by atoms with van der Waals surface area (Å²) in [5.41, 5.74) is 1.45. The molecule has 7 heteroatoms. The average Bonchev–Trinajstić information content (AvgIpc) is 3.18. The van der Waals surface area contributed by atoms with Gasteiger partial charge in [0.15, 0.2) is 6.10 Å². The molecular formula is C19H20N4O3. The van der Waals surface area contributed by atoms with Gasteiger partial charge in [-0.3, -0.25) is 9.78 Å². The lowest BCUT2D eigenvalue weighted by Gasteiger charge is -2.31. The number of hydrogen-bond donors (Lipinski definition) is 0. The van der Waals surface area contributed by atoms with E-state index in [2.05, 4.69) is 15.2 Å². The van der Waals surface area contributed by atoms with E-state index in [4.69, 9.17) is 9.15 Å². The molecule has 134 valence electrons. The average molecular weight is 352 g/mol. The molecule has 0 bridgehead atoms. The van der Waals surface area contributed by atoms with Crippen LogP contribution in [0.1, 0.15) is 48.0 Å².